The van der Waals surface area contributed by atoms with Crippen molar-refractivity contribution in [2.24, 2.45) is 0 Å². The minimum Gasteiger partial charge on any atom is -0.462 e. The Morgan fingerprint density at radius 1 is 0.583 bits per heavy atom. The van der Waals surface area contributed by atoms with Crippen LogP contribution in [0.15, 0.2) is 54.6 Å². The van der Waals surface area contributed by atoms with Gasteiger partial charge in [-0.15, -0.1) is 23.2 Å². The highest BCUT2D eigenvalue weighted by molar-refractivity contribution is 7.51. The number of benzene rings is 1. The molecule has 0 radical (unpaired) electrons. The van der Waals surface area contributed by atoms with Crippen LogP contribution < -0.4 is 4.52 Å². The Kier molecular flexibility index (Phi) is 38.6. The molecule has 0 aromatic heterocycles. The summed E-state index contributed by atoms with van der Waals surface area (Å²) in [5, 5.41) is 0. The van der Waals surface area contributed by atoms with Crippen molar-refractivity contribution in [2.45, 2.75) is 200 Å². The van der Waals surface area contributed by atoms with E-state index in [0.29, 0.717) is 12.2 Å². The van der Waals surface area contributed by atoms with Gasteiger partial charge in [-0.05, 0) is 76.3 Å². The summed E-state index contributed by atoms with van der Waals surface area (Å²) in [4.78, 5) is 25.8. The van der Waals surface area contributed by atoms with E-state index in [2.05, 4.69) is 38.2 Å². The molecule has 346 valence electrons. The molecule has 0 aliphatic heterocycles. The number of hydrogen-bond donors (Lipinski definition) is 0. The molecule has 0 unspecified atom stereocenters. The summed E-state index contributed by atoms with van der Waals surface area (Å²) in [7, 11) is -4.01. The van der Waals surface area contributed by atoms with Gasteiger partial charge in [0.25, 0.3) is 0 Å². The molecule has 0 aliphatic rings. The summed E-state index contributed by atoms with van der Waals surface area (Å²) >= 11 is 12.1. The van der Waals surface area contributed by atoms with Crippen molar-refractivity contribution in [1.29, 1.82) is 0 Å². The van der Waals surface area contributed by atoms with Gasteiger partial charge >= 0.3 is 19.7 Å². The zero-order valence-electron chi connectivity index (χ0n) is 37.8. The van der Waals surface area contributed by atoms with Crippen LogP contribution in [0.2, 0.25) is 0 Å². The summed E-state index contributed by atoms with van der Waals surface area (Å²) in [6.07, 6.45) is 39.3. The number of hydrogen-bond acceptors (Lipinski definition) is 7. The van der Waals surface area contributed by atoms with E-state index < -0.39 is 19.8 Å². The summed E-state index contributed by atoms with van der Waals surface area (Å²) in [6, 6.07) is 8.71. The van der Waals surface area contributed by atoms with Crippen molar-refractivity contribution in [3.05, 3.63) is 54.6 Å². The summed E-state index contributed by atoms with van der Waals surface area (Å²) < 4.78 is 39.1. The van der Waals surface area contributed by atoms with Crippen molar-refractivity contribution >= 4 is 42.9 Å². The lowest BCUT2D eigenvalue weighted by Crippen LogP contribution is -2.33. The third-order valence-corrected chi connectivity index (χ3v) is 12.8. The van der Waals surface area contributed by atoms with Crippen molar-refractivity contribution in [1.82, 2.24) is 4.67 Å². The first-order valence-electron chi connectivity index (χ1n) is 23.9. The van der Waals surface area contributed by atoms with Crippen molar-refractivity contribution in [3.8, 4) is 5.75 Å². The second kappa shape index (κ2) is 41.2. The van der Waals surface area contributed by atoms with E-state index in [9.17, 15) is 14.2 Å². The molecule has 0 heterocycles. The standard InChI is InChI=1S/C49H84Cl2NO7P/c1-3-5-7-9-11-13-15-17-19-21-23-25-27-29-34-38-48(53)56-44-47(45-57-60(55,52(42-40-50)43-41-51)59-46-36-32-31-33-37-46)58-49(54)39-35-30-28-26-24-22-20-18-16-14-12-10-8-6-4-2/h17-20,31-33,36-37,47H,3-16,21-30,34-35,38-45H2,1-2H3/b19-17-,20-18-/t47-,60-/m0/s1. The molecule has 8 nitrogen and oxygen atoms in total. The fourth-order valence-electron chi connectivity index (χ4n) is 6.81. The van der Waals surface area contributed by atoms with Crippen molar-refractivity contribution in [2.75, 3.05) is 38.1 Å². The molecule has 0 amide bonds. The fourth-order valence-corrected chi connectivity index (χ4v) is 9.22. The molecule has 0 aliphatic carbocycles. The molecule has 0 fully saturated rings. The Balaban J connectivity index is 2.58. The Labute approximate surface area is 376 Å². The van der Waals surface area contributed by atoms with Gasteiger partial charge in [0.2, 0.25) is 0 Å². The zero-order valence-corrected chi connectivity index (χ0v) is 40.2. The lowest BCUT2D eigenvalue weighted by Gasteiger charge is -2.30. The topological polar surface area (TPSA) is 91.4 Å². The molecular weight excluding hydrogens is 816 g/mol. The predicted octanol–water partition coefficient (Wildman–Crippen LogP) is 15.5. The van der Waals surface area contributed by atoms with Gasteiger partial charge in [0.1, 0.15) is 12.4 Å². The molecule has 1 aromatic carbocycles. The number of alkyl halides is 2. The summed E-state index contributed by atoms with van der Waals surface area (Å²) in [5.74, 6) is -0.0819. The second-order valence-electron chi connectivity index (χ2n) is 16.0. The molecule has 1 rings (SSSR count). The Bertz CT molecular complexity index is 1250. The number of carbonyl (C=O) groups is 2. The number of para-hydroxylation sites is 1. The molecule has 60 heavy (non-hydrogen) atoms. The Morgan fingerprint density at radius 3 is 1.45 bits per heavy atom. The van der Waals surface area contributed by atoms with E-state index in [1.54, 1.807) is 24.3 Å². The highest BCUT2D eigenvalue weighted by Gasteiger charge is 2.36. The quantitative estimate of drug-likeness (QED) is 0.0210. The minimum absolute atomic E-state index is 0.171. The normalized spacial score (nSPS) is 13.3. The van der Waals surface area contributed by atoms with Gasteiger partial charge in [-0.3, -0.25) is 14.1 Å². The molecule has 0 saturated carbocycles. The van der Waals surface area contributed by atoms with E-state index in [1.165, 1.54) is 94.6 Å². The van der Waals surface area contributed by atoms with Gasteiger partial charge in [0.05, 0.1) is 6.61 Å². The number of carbonyl (C=O) groups excluding carboxylic acids is 2. The summed E-state index contributed by atoms with van der Waals surface area (Å²) in [5.41, 5.74) is 0. The molecule has 2 atom stereocenters. The number of nitrogens with zero attached hydrogens (tertiary/aromatic N) is 1. The maximum atomic E-state index is 14.3. The number of ether oxygens (including phenoxy) is 2. The molecule has 0 N–H and O–H groups in total. The van der Waals surface area contributed by atoms with Crippen LogP contribution in [0.1, 0.15) is 194 Å². The lowest BCUT2D eigenvalue weighted by atomic mass is 10.1. The Hall–Kier alpha value is -1.83. The zero-order chi connectivity index (χ0) is 43.6. The number of allylic oxidation sites excluding steroid dienone is 4. The minimum atomic E-state index is -4.01. The predicted molar refractivity (Wildman–Crippen MR) is 253 cm³/mol. The highest BCUT2D eigenvalue weighted by atomic mass is 35.5. The summed E-state index contributed by atoms with van der Waals surface area (Å²) in [6.45, 7) is 4.39. The van der Waals surface area contributed by atoms with Crippen LogP contribution in [-0.4, -0.2) is 60.8 Å². The van der Waals surface area contributed by atoms with Crippen LogP contribution in [0.4, 0.5) is 0 Å². The van der Waals surface area contributed by atoms with Crippen LogP contribution in [-0.2, 0) is 28.2 Å². The largest absolute Gasteiger partial charge is 0.462 e. The second-order valence-corrected chi connectivity index (χ2v) is 18.7. The lowest BCUT2D eigenvalue weighted by molar-refractivity contribution is -0.161. The number of esters is 2. The molecule has 0 spiro atoms. The van der Waals surface area contributed by atoms with Crippen LogP contribution in [0.25, 0.3) is 0 Å². The SMILES string of the molecule is CCCCCCCC/C=C\CCCCCCCC(=O)OC[C@@H](CO[P@](=O)(Oc1ccccc1)N(CCCl)CCCl)OC(=O)CCCCCCC/C=C\CCCCCCCC. The van der Waals surface area contributed by atoms with Crippen LogP contribution in [0, 0.1) is 0 Å². The van der Waals surface area contributed by atoms with Crippen LogP contribution >= 0.6 is 30.9 Å². The van der Waals surface area contributed by atoms with Gasteiger partial charge in [-0.25, -0.2) is 4.57 Å². The molecule has 11 heteroatoms. The van der Waals surface area contributed by atoms with E-state index >= 15 is 0 Å². The average molecular weight is 901 g/mol. The van der Waals surface area contributed by atoms with Gasteiger partial charge in [-0.2, -0.15) is 4.67 Å². The van der Waals surface area contributed by atoms with Gasteiger partial charge in [0.15, 0.2) is 6.10 Å². The van der Waals surface area contributed by atoms with Gasteiger partial charge < -0.3 is 14.0 Å². The monoisotopic (exact) mass is 900 g/mol. The van der Waals surface area contributed by atoms with Crippen LogP contribution in [0.3, 0.4) is 0 Å². The Morgan fingerprint density at radius 2 is 1.00 bits per heavy atom. The third-order valence-electron chi connectivity index (χ3n) is 10.4. The maximum Gasteiger partial charge on any atom is 0.461 e. The third kappa shape index (κ3) is 32.8. The number of halogens is 2. The highest BCUT2D eigenvalue weighted by Crippen LogP contribution is 2.52. The van der Waals surface area contributed by atoms with E-state index in [-0.39, 0.29) is 56.9 Å². The smallest absolute Gasteiger partial charge is 0.461 e. The number of rotatable bonds is 43. The molecule has 0 bridgehead atoms. The number of unbranched alkanes of at least 4 members (excludes halogenated alkanes) is 22. The fraction of sp³-hybridized carbons (Fsp3) is 0.755. The van der Waals surface area contributed by atoms with Crippen LogP contribution in [0.5, 0.6) is 5.75 Å². The van der Waals surface area contributed by atoms with E-state index in [1.807, 2.05) is 6.07 Å². The first-order chi connectivity index (χ1) is 29.4. The van der Waals surface area contributed by atoms with Gasteiger partial charge in [-0.1, -0.05) is 159 Å². The van der Waals surface area contributed by atoms with E-state index in [4.69, 9.17) is 41.7 Å². The molecular formula is C49H84Cl2NO7P. The first kappa shape index (κ1) is 56.2. The van der Waals surface area contributed by atoms with E-state index in [0.717, 1.165) is 70.6 Å². The first-order valence-corrected chi connectivity index (χ1v) is 26.5. The molecule has 1 aromatic rings. The average Bonchev–Trinajstić information content (AvgIpc) is 3.24. The van der Waals surface area contributed by atoms with Crippen molar-refractivity contribution < 1.29 is 32.7 Å². The maximum absolute atomic E-state index is 14.3. The molecule has 0 saturated heterocycles. The van der Waals surface area contributed by atoms with Crippen molar-refractivity contribution in [3.63, 3.8) is 0 Å². The van der Waals surface area contributed by atoms with Gasteiger partial charge in [0, 0.05) is 37.7 Å².